The molecular formula is C23H19Cl2F3N2O4S. The number of methoxy groups -OCH3 is 1. The molecule has 0 aromatic heterocycles. The van der Waals surface area contributed by atoms with Crippen LogP contribution in [0.25, 0.3) is 0 Å². The first-order valence-electron chi connectivity index (χ1n) is 9.92. The van der Waals surface area contributed by atoms with Gasteiger partial charge in [0.1, 0.15) is 17.2 Å². The van der Waals surface area contributed by atoms with Crippen molar-refractivity contribution in [3.05, 3.63) is 81.8 Å². The molecule has 0 aliphatic heterocycles. The van der Waals surface area contributed by atoms with E-state index >= 15 is 0 Å². The number of carbonyl (C=O) groups excluding carboxylic acids is 1. The lowest BCUT2D eigenvalue weighted by molar-refractivity contribution is -0.137. The topological polar surface area (TPSA) is 75.7 Å². The SMILES string of the molecule is COc1ccc(C)cc1S(=O)(=O)N(CC(=O)Nc1cc(C(F)(F)F)ccc1Cl)c1ccc(Cl)cc1. The summed E-state index contributed by atoms with van der Waals surface area (Å²) in [5, 5.41) is 2.45. The van der Waals surface area contributed by atoms with Crippen LogP contribution in [0.3, 0.4) is 0 Å². The maximum Gasteiger partial charge on any atom is 0.416 e. The highest BCUT2D eigenvalue weighted by molar-refractivity contribution is 7.93. The lowest BCUT2D eigenvalue weighted by Crippen LogP contribution is -2.38. The molecule has 0 aliphatic rings. The van der Waals surface area contributed by atoms with Crippen molar-refractivity contribution in [2.45, 2.75) is 18.0 Å². The lowest BCUT2D eigenvalue weighted by Gasteiger charge is -2.25. The van der Waals surface area contributed by atoms with Gasteiger partial charge in [0.15, 0.2) is 0 Å². The molecule has 3 rings (SSSR count). The van der Waals surface area contributed by atoms with Crippen molar-refractivity contribution in [1.82, 2.24) is 0 Å². The Morgan fingerprint density at radius 3 is 2.29 bits per heavy atom. The molecule has 3 aromatic carbocycles. The Morgan fingerprint density at radius 1 is 1.03 bits per heavy atom. The minimum absolute atomic E-state index is 0.0518. The van der Waals surface area contributed by atoms with E-state index in [1.54, 1.807) is 13.0 Å². The highest BCUT2D eigenvalue weighted by atomic mass is 35.5. The van der Waals surface area contributed by atoms with Crippen molar-refractivity contribution in [2.75, 3.05) is 23.3 Å². The van der Waals surface area contributed by atoms with Gasteiger partial charge in [0.25, 0.3) is 10.0 Å². The van der Waals surface area contributed by atoms with Gasteiger partial charge in [-0.15, -0.1) is 0 Å². The third-order valence-corrected chi connectivity index (χ3v) is 7.23. The molecule has 1 amide bonds. The number of halogens is 5. The average molecular weight is 547 g/mol. The number of ether oxygens (including phenoxy) is 1. The van der Waals surface area contributed by atoms with E-state index in [4.69, 9.17) is 27.9 Å². The molecule has 0 heterocycles. The van der Waals surface area contributed by atoms with Gasteiger partial charge in [-0.25, -0.2) is 8.42 Å². The molecule has 3 aromatic rings. The van der Waals surface area contributed by atoms with Crippen molar-refractivity contribution in [3.63, 3.8) is 0 Å². The average Bonchev–Trinajstić information content (AvgIpc) is 2.79. The summed E-state index contributed by atoms with van der Waals surface area (Å²) in [6.45, 7) is 0.918. The van der Waals surface area contributed by atoms with Gasteiger partial charge < -0.3 is 10.1 Å². The Hall–Kier alpha value is -2.95. The first kappa shape index (κ1) is 26.7. The summed E-state index contributed by atoms with van der Waals surface area (Å²) in [4.78, 5) is 12.7. The molecule has 0 atom stereocenters. The fourth-order valence-electron chi connectivity index (χ4n) is 3.14. The Kier molecular flexibility index (Phi) is 7.88. The van der Waals surface area contributed by atoms with E-state index in [2.05, 4.69) is 5.32 Å². The minimum Gasteiger partial charge on any atom is -0.495 e. The highest BCUT2D eigenvalue weighted by Crippen LogP contribution is 2.35. The van der Waals surface area contributed by atoms with Crippen molar-refractivity contribution >= 4 is 50.5 Å². The monoisotopic (exact) mass is 546 g/mol. The molecule has 0 saturated carbocycles. The molecule has 35 heavy (non-hydrogen) atoms. The first-order chi connectivity index (χ1) is 16.3. The summed E-state index contributed by atoms with van der Waals surface area (Å²) in [6.07, 6.45) is -4.66. The number of anilines is 2. The quantitative estimate of drug-likeness (QED) is 0.385. The first-order valence-corrected chi connectivity index (χ1v) is 12.1. The number of rotatable bonds is 7. The number of aryl methyl sites for hydroxylation is 1. The third-order valence-electron chi connectivity index (χ3n) is 4.86. The Labute approximate surface area is 210 Å². The molecule has 0 bridgehead atoms. The third kappa shape index (κ3) is 6.19. The maximum atomic E-state index is 13.6. The van der Waals surface area contributed by atoms with Gasteiger partial charge in [-0.2, -0.15) is 13.2 Å². The van der Waals surface area contributed by atoms with E-state index in [0.29, 0.717) is 16.7 Å². The molecule has 0 spiro atoms. The number of sulfonamides is 1. The second kappa shape index (κ2) is 10.3. The number of alkyl halides is 3. The smallest absolute Gasteiger partial charge is 0.416 e. The van der Waals surface area contributed by atoms with E-state index in [9.17, 15) is 26.4 Å². The van der Waals surface area contributed by atoms with Crippen LogP contribution in [-0.2, 0) is 21.0 Å². The van der Waals surface area contributed by atoms with Crippen LogP contribution >= 0.6 is 23.2 Å². The molecule has 0 unspecified atom stereocenters. The number of hydrogen-bond acceptors (Lipinski definition) is 4. The molecular weight excluding hydrogens is 528 g/mol. The van der Waals surface area contributed by atoms with E-state index in [1.807, 2.05) is 0 Å². The van der Waals surface area contributed by atoms with Gasteiger partial charge in [-0.1, -0.05) is 29.3 Å². The standard InChI is InChI=1S/C23H19Cl2F3N2O4S/c1-14-3-10-20(34-2)21(11-14)35(32,33)30(17-7-5-16(24)6-8-17)13-22(31)29-19-12-15(23(26,27)28)4-9-18(19)25/h3-12H,13H2,1-2H3,(H,29,31). The van der Waals surface area contributed by atoms with Crippen LogP contribution in [0.4, 0.5) is 24.5 Å². The Bertz CT molecular complexity index is 1350. The van der Waals surface area contributed by atoms with Crippen LogP contribution in [0.2, 0.25) is 10.0 Å². The molecule has 0 fully saturated rings. The zero-order valence-corrected chi connectivity index (χ0v) is 20.7. The summed E-state index contributed by atoms with van der Waals surface area (Å²) in [7, 11) is -3.07. The summed E-state index contributed by atoms with van der Waals surface area (Å²) < 4.78 is 72.6. The molecule has 0 radical (unpaired) electrons. The Morgan fingerprint density at radius 2 is 1.69 bits per heavy atom. The summed E-state index contributed by atoms with van der Waals surface area (Å²) in [6, 6.07) is 12.6. The number of nitrogens with one attached hydrogen (secondary N) is 1. The van der Waals surface area contributed by atoms with Gasteiger partial charge in [-0.05, 0) is 67.1 Å². The van der Waals surface area contributed by atoms with Crippen molar-refractivity contribution < 1.29 is 31.1 Å². The second-order valence-electron chi connectivity index (χ2n) is 7.38. The predicted octanol–water partition coefficient (Wildman–Crippen LogP) is 6.16. The van der Waals surface area contributed by atoms with Crippen LogP contribution in [0.15, 0.2) is 65.6 Å². The van der Waals surface area contributed by atoms with Crippen LogP contribution in [-0.4, -0.2) is 28.0 Å². The molecule has 1 N–H and O–H groups in total. The van der Waals surface area contributed by atoms with E-state index in [-0.39, 0.29) is 27.0 Å². The predicted molar refractivity (Wildman–Crippen MR) is 129 cm³/mol. The van der Waals surface area contributed by atoms with E-state index < -0.39 is 34.2 Å². The number of amides is 1. The maximum absolute atomic E-state index is 13.6. The summed E-state index contributed by atoms with van der Waals surface area (Å²) in [5.74, 6) is -0.868. The molecule has 0 saturated heterocycles. The van der Waals surface area contributed by atoms with Gasteiger partial charge in [-0.3, -0.25) is 9.10 Å². The summed E-state index contributed by atoms with van der Waals surface area (Å²) in [5.41, 5.74) is -0.610. The number of nitrogens with zero attached hydrogens (tertiary/aromatic N) is 1. The zero-order valence-electron chi connectivity index (χ0n) is 18.4. The van der Waals surface area contributed by atoms with E-state index in [0.717, 1.165) is 16.4 Å². The van der Waals surface area contributed by atoms with Gasteiger partial charge in [0.05, 0.1) is 29.1 Å². The van der Waals surface area contributed by atoms with Gasteiger partial charge in [0.2, 0.25) is 5.91 Å². The summed E-state index contributed by atoms with van der Waals surface area (Å²) >= 11 is 11.9. The Balaban J connectivity index is 2.02. The molecule has 0 aliphatic carbocycles. The highest BCUT2D eigenvalue weighted by Gasteiger charge is 2.32. The van der Waals surface area contributed by atoms with Crippen LogP contribution in [0.5, 0.6) is 5.75 Å². The second-order valence-corrected chi connectivity index (χ2v) is 10.1. The van der Waals surface area contributed by atoms with E-state index in [1.165, 1.54) is 43.5 Å². The van der Waals surface area contributed by atoms with Crippen molar-refractivity contribution in [3.8, 4) is 5.75 Å². The molecule has 6 nitrogen and oxygen atoms in total. The van der Waals surface area contributed by atoms with Gasteiger partial charge in [0, 0.05) is 5.02 Å². The van der Waals surface area contributed by atoms with Crippen LogP contribution in [0.1, 0.15) is 11.1 Å². The normalized spacial score (nSPS) is 11.7. The zero-order chi connectivity index (χ0) is 26.0. The lowest BCUT2D eigenvalue weighted by atomic mass is 10.2. The number of carbonyl (C=O) groups is 1. The van der Waals surface area contributed by atoms with Crippen LogP contribution < -0.4 is 14.4 Å². The van der Waals surface area contributed by atoms with Crippen LogP contribution in [0, 0.1) is 6.92 Å². The number of hydrogen-bond donors (Lipinski definition) is 1. The van der Waals surface area contributed by atoms with Gasteiger partial charge >= 0.3 is 6.18 Å². The molecule has 186 valence electrons. The minimum atomic E-state index is -4.66. The largest absolute Gasteiger partial charge is 0.495 e. The molecule has 12 heteroatoms. The van der Waals surface area contributed by atoms with Crippen molar-refractivity contribution in [1.29, 1.82) is 0 Å². The van der Waals surface area contributed by atoms with Crippen molar-refractivity contribution in [2.24, 2.45) is 0 Å². The fourth-order valence-corrected chi connectivity index (χ4v) is 5.10. The fraction of sp³-hybridized carbons (Fsp3) is 0.174. The number of benzene rings is 3.